The second-order valence-corrected chi connectivity index (χ2v) is 6.20. The van der Waals surface area contributed by atoms with E-state index in [4.69, 9.17) is 20.9 Å². The van der Waals surface area contributed by atoms with Crippen molar-refractivity contribution < 1.29 is 19.1 Å². The standard InChI is InChI=1S/C20H24N2O4/c1-3-5-17(4-2)25-19(23)13-6-8-18(9-7-13)26-20(24)14-10-15(21)12-16(22)11-14/h3-5,10-13,18H,1-2,6-9,21-22H2/b17-5+. The van der Waals surface area contributed by atoms with E-state index in [1.54, 1.807) is 12.1 Å². The summed E-state index contributed by atoms with van der Waals surface area (Å²) in [6.07, 6.45) is 6.71. The predicted molar refractivity (Wildman–Crippen MR) is 101 cm³/mol. The van der Waals surface area contributed by atoms with Crippen LogP contribution in [0, 0.1) is 5.92 Å². The van der Waals surface area contributed by atoms with Gasteiger partial charge in [0, 0.05) is 11.4 Å². The lowest BCUT2D eigenvalue weighted by molar-refractivity contribution is -0.145. The Labute approximate surface area is 153 Å². The number of ether oxygens (including phenoxy) is 2. The van der Waals surface area contributed by atoms with Gasteiger partial charge >= 0.3 is 11.9 Å². The molecule has 0 atom stereocenters. The first-order valence-electron chi connectivity index (χ1n) is 8.46. The van der Waals surface area contributed by atoms with E-state index in [9.17, 15) is 9.59 Å². The molecule has 0 bridgehead atoms. The minimum Gasteiger partial charge on any atom is -0.459 e. The highest BCUT2D eigenvalue weighted by Crippen LogP contribution is 2.29. The zero-order valence-corrected chi connectivity index (χ0v) is 14.6. The van der Waals surface area contributed by atoms with Crippen LogP contribution in [-0.2, 0) is 14.3 Å². The first-order chi connectivity index (χ1) is 12.4. The maximum atomic E-state index is 12.2. The number of hydrogen-bond donors (Lipinski definition) is 2. The lowest BCUT2D eigenvalue weighted by atomic mass is 9.87. The fourth-order valence-electron chi connectivity index (χ4n) is 2.89. The van der Waals surface area contributed by atoms with Crippen molar-refractivity contribution in [1.29, 1.82) is 0 Å². The summed E-state index contributed by atoms with van der Waals surface area (Å²) in [5, 5.41) is 0. The summed E-state index contributed by atoms with van der Waals surface area (Å²) >= 11 is 0. The van der Waals surface area contributed by atoms with Crippen molar-refractivity contribution in [3.63, 3.8) is 0 Å². The third kappa shape index (κ3) is 5.24. The number of anilines is 2. The Hall–Kier alpha value is -3.02. The van der Waals surface area contributed by atoms with Gasteiger partial charge in [-0.05, 0) is 56.0 Å². The van der Waals surface area contributed by atoms with Crippen molar-refractivity contribution in [3.8, 4) is 0 Å². The third-order valence-electron chi connectivity index (χ3n) is 4.20. The number of nitrogen functional groups attached to an aromatic ring is 2. The molecule has 0 aliphatic heterocycles. The number of esters is 2. The molecule has 1 aliphatic rings. The normalized spacial score (nSPS) is 20.1. The molecule has 0 unspecified atom stereocenters. The fraction of sp³-hybridized carbons (Fsp3) is 0.300. The van der Waals surface area contributed by atoms with Gasteiger partial charge in [-0.2, -0.15) is 0 Å². The minimum absolute atomic E-state index is 0.221. The molecule has 0 spiro atoms. The quantitative estimate of drug-likeness (QED) is 0.350. The van der Waals surface area contributed by atoms with Gasteiger partial charge in [0.15, 0.2) is 0 Å². The lowest BCUT2D eigenvalue weighted by Crippen LogP contribution is -2.29. The molecule has 6 heteroatoms. The van der Waals surface area contributed by atoms with Gasteiger partial charge in [-0.15, -0.1) is 0 Å². The molecule has 4 N–H and O–H groups in total. The van der Waals surface area contributed by atoms with Gasteiger partial charge in [-0.25, -0.2) is 4.79 Å². The molecule has 0 radical (unpaired) electrons. The maximum absolute atomic E-state index is 12.2. The zero-order chi connectivity index (χ0) is 19.1. The smallest absolute Gasteiger partial charge is 0.338 e. The van der Waals surface area contributed by atoms with Gasteiger partial charge in [-0.3, -0.25) is 4.79 Å². The van der Waals surface area contributed by atoms with E-state index in [1.807, 2.05) is 0 Å². The molecule has 0 aromatic heterocycles. The number of benzene rings is 1. The Bertz CT molecular complexity index is 711. The highest BCUT2D eigenvalue weighted by molar-refractivity contribution is 5.91. The van der Waals surface area contributed by atoms with E-state index in [-0.39, 0.29) is 18.0 Å². The van der Waals surface area contributed by atoms with E-state index >= 15 is 0 Å². The molecule has 0 heterocycles. The molecule has 26 heavy (non-hydrogen) atoms. The topological polar surface area (TPSA) is 105 Å². The van der Waals surface area contributed by atoms with Crippen LogP contribution < -0.4 is 11.5 Å². The Balaban J connectivity index is 1.87. The van der Waals surface area contributed by atoms with E-state index in [0.29, 0.717) is 48.4 Å². The van der Waals surface area contributed by atoms with Crippen LogP contribution in [0.2, 0.25) is 0 Å². The van der Waals surface area contributed by atoms with Crippen molar-refractivity contribution in [1.82, 2.24) is 0 Å². The van der Waals surface area contributed by atoms with E-state index < -0.39 is 5.97 Å². The molecule has 2 rings (SSSR count). The number of rotatable bonds is 6. The number of allylic oxidation sites excluding steroid dienone is 3. The average Bonchev–Trinajstić information content (AvgIpc) is 2.61. The molecular weight excluding hydrogens is 332 g/mol. The summed E-state index contributed by atoms with van der Waals surface area (Å²) < 4.78 is 10.8. The van der Waals surface area contributed by atoms with Crippen LogP contribution in [0.5, 0.6) is 0 Å². The van der Waals surface area contributed by atoms with Crippen LogP contribution in [0.1, 0.15) is 36.0 Å². The first-order valence-corrected chi connectivity index (χ1v) is 8.46. The Morgan fingerprint density at radius 1 is 1.04 bits per heavy atom. The molecule has 1 saturated carbocycles. The highest BCUT2D eigenvalue weighted by atomic mass is 16.5. The van der Waals surface area contributed by atoms with Crippen LogP contribution >= 0.6 is 0 Å². The summed E-state index contributed by atoms with van der Waals surface area (Å²) in [4.78, 5) is 24.4. The van der Waals surface area contributed by atoms with E-state index in [1.165, 1.54) is 24.3 Å². The Morgan fingerprint density at radius 2 is 1.65 bits per heavy atom. The van der Waals surface area contributed by atoms with Gasteiger partial charge in [0.1, 0.15) is 11.9 Å². The van der Waals surface area contributed by atoms with Crippen LogP contribution in [0.4, 0.5) is 11.4 Å². The van der Waals surface area contributed by atoms with Gasteiger partial charge in [0.25, 0.3) is 0 Å². The van der Waals surface area contributed by atoms with Crippen LogP contribution in [0.15, 0.2) is 55.3 Å². The second-order valence-electron chi connectivity index (χ2n) is 6.20. The highest BCUT2D eigenvalue weighted by Gasteiger charge is 2.30. The Morgan fingerprint density at radius 3 is 2.19 bits per heavy atom. The molecule has 138 valence electrons. The SMILES string of the molecule is C=C/C=C(\C=C)OC(=O)C1CCC(OC(=O)c2cc(N)cc(N)c2)CC1. The van der Waals surface area contributed by atoms with Crippen molar-refractivity contribution in [2.75, 3.05) is 11.5 Å². The molecule has 1 aromatic rings. The van der Waals surface area contributed by atoms with Crippen LogP contribution in [0.25, 0.3) is 0 Å². The molecule has 0 amide bonds. The summed E-state index contributed by atoms with van der Waals surface area (Å²) in [6, 6.07) is 4.64. The lowest BCUT2D eigenvalue weighted by Gasteiger charge is -2.27. The number of hydrogen-bond acceptors (Lipinski definition) is 6. The van der Waals surface area contributed by atoms with Crippen molar-refractivity contribution >= 4 is 23.3 Å². The van der Waals surface area contributed by atoms with Crippen LogP contribution in [-0.4, -0.2) is 18.0 Å². The molecule has 0 saturated heterocycles. The summed E-state index contributed by atoms with van der Waals surface area (Å²) in [5.41, 5.74) is 12.5. The fourth-order valence-corrected chi connectivity index (χ4v) is 2.89. The van der Waals surface area contributed by atoms with E-state index in [2.05, 4.69) is 13.2 Å². The average molecular weight is 356 g/mol. The van der Waals surface area contributed by atoms with Crippen molar-refractivity contribution in [2.45, 2.75) is 31.8 Å². The zero-order valence-electron chi connectivity index (χ0n) is 14.6. The summed E-state index contributed by atoms with van der Waals surface area (Å²) in [7, 11) is 0. The summed E-state index contributed by atoms with van der Waals surface area (Å²) in [5.74, 6) is -0.608. The van der Waals surface area contributed by atoms with Crippen molar-refractivity contribution in [2.24, 2.45) is 5.92 Å². The number of carbonyl (C=O) groups is 2. The first kappa shape index (κ1) is 19.3. The van der Waals surface area contributed by atoms with Crippen LogP contribution in [0.3, 0.4) is 0 Å². The minimum atomic E-state index is -0.460. The molecule has 6 nitrogen and oxygen atoms in total. The predicted octanol–water partition coefficient (Wildman–Crippen LogP) is 3.37. The molecule has 1 aliphatic carbocycles. The Kier molecular flexibility index (Phi) is 6.60. The van der Waals surface area contributed by atoms with Gasteiger partial charge in [0.2, 0.25) is 0 Å². The van der Waals surface area contributed by atoms with Gasteiger partial charge < -0.3 is 20.9 Å². The van der Waals surface area contributed by atoms with Crippen molar-refractivity contribution in [3.05, 3.63) is 60.9 Å². The van der Waals surface area contributed by atoms with Gasteiger partial charge in [0.05, 0.1) is 11.5 Å². The van der Waals surface area contributed by atoms with E-state index in [0.717, 1.165) is 0 Å². The molecule has 1 fully saturated rings. The number of nitrogens with two attached hydrogens (primary N) is 2. The third-order valence-corrected chi connectivity index (χ3v) is 4.20. The monoisotopic (exact) mass is 356 g/mol. The largest absolute Gasteiger partial charge is 0.459 e. The molecule has 1 aromatic carbocycles. The molecular formula is C20H24N2O4. The van der Waals surface area contributed by atoms with Gasteiger partial charge in [-0.1, -0.05) is 19.2 Å². The second kappa shape index (κ2) is 8.89. The maximum Gasteiger partial charge on any atom is 0.338 e. The summed E-state index contributed by atoms with van der Waals surface area (Å²) in [6.45, 7) is 7.16. The number of carbonyl (C=O) groups excluding carboxylic acids is 2.